The van der Waals surface area contributed by atoms with Gasteiger partial charge in [0.1, 0.15) is 0 Å². The van der Waals surface area contributed by atoms with E-state index in [1.807, 2.05) is 6.92 Å². The first kappa shape index (κ1) is 13.5. The van der Waals surface area contributed by atoms with Gasteiger partial charge in [-0.2, -0.15) is 0 Å². The van der Waals surface area contributed by atoms with Crippen LogP contribution in [0, 0.1) is 0 Å². The van der Waals surface area contributed by atoms with Crippen molar-refractivity contribution in [3.63, 3.8) is 0 Å². The third-order valence-electron chi connectivity index (χ3n) is 0.986. The van der Waals surface area contributed by atoms with E-state index in [9.17, 15) is 0 Å². The number of hydrogen-bond acceptors (Lipinski definition) is 2. The lowest BCUT2D eigenvalue weighted by Crippen LogP contribution is -1.92. The monoisotopic (exact) mass is 162 g/mol. The van der Waals surface area contributed by atoms with Crippen LogP contribution in [0.25, 0.3) is 0 Å². The van der Waals surface area contributed by atoms with Gasteiger partial charge in [0.15, 0.2) is 0 Å². The van der Waals surface area contributed by atoms with E-state index in [1.54, 1.807) is 7.11 Å². The molecule has 0 radical (unpaired) electrons. The second-order valence-electron chi connectivity index (χ2n) is 2.19. The number of rotatable bonds is 5. The first-order chi connectivity index (χ1) is 5.33. The highest BCUT2D eigenvalue weighted by molar-refractivity contribution is 4.25. The maximum atomic E-state index is 5.13. The summed E-state index contributed by atoms with van der Waals surface area (Å²) in [6.45, 7) is 8.87. The zero-order chi connectivity index (χ0) is 8.95. The Morgan fingerprint density at radius 3 is 1.45 bits per heavy atom. The Hall–Kier alpha value is -0.0800. The first-order valence-electron chi connectivity index (χ1n) is 4.40. The average Bonchev–Trinajstić information content (AvgIpc) is 2.06. The summed E-state index contributed by atoms with van der Waals surface area (Å²) in [6.07, 6.45) is 2.28. The van der Waals surface area contributed by atoms with E-state index in [4.69, 9.17) is 4.74 Å². The molecule has 0 N–H and O–H groups in total. The fraction of sp³-hybridized carbons (Fsp3) is 1.00. The van der Waals surface area contributed by atoms with Gasteiger partial charge < -0.3 is 9.47 Å². The molecule has 0 amide bonds. The second kappa shape index (κ2) is 16.5. The summed E-state index contributed by atoms with van der Waals surface area (Å²) in [4.78, 5) is 0. The largest absolute Gasteiger partial charge is 0.385 e. The molecule has 0 heterocycles. The summed E-state index contributed by atoms with van der Waals surface area (Å²) in [7, 11) is 1.68. The van der Waals surface area contributed by atoms with Crippen LogP contribution in [0.4, 0.5) is 0 Å². The standard InChI is InChI=1S/C6H14O.C3H8O/c1-3-5-7-6-4-2;1-3-4-2/h3-6H2,1-2H3;3H2,1-2H3. The van der Waals surface area contributed by atoms with Gasteiger partial charge in [0.05, 0.1) is 0 Å². The van der Waals surface area contributed by atoms with Gasteiger partial charge in [-0.15, -0.1) is 0 Å². The summed E-state index contributed by atoms with van der Waals surface area (Å²) in [5.41, 5.74) is 0. The average molecular weight is 162 g/mol. The van der Waals surface area contributed by atoms with E-state index in [-0.39, 0.29) is 0 Å². The molecular formula is C9H22O2. The molecule has 0 aromatic rings. The Morgan fingerprint density at radius 1 is 0.909 bits per heavy atom. The minimum absolute atomic E-state index is 0.819. The molecule has 0 spiro atoms. The highest BCUT2D eigenvalue weighted by Crippen LogP contribution is 1.81. The van der Waals surface area contributed by atoms with E-state index in [2.05, 4.69) is 18.6 Å². The molecule has 0 rings (SSSR count). The van der Waals surface area contributed by atoms with Gasteiger partial charge >= 0.3 is 0 Å². The molecule has 0 aliphatic heterocycles. The molecule has 0 aliphatic carbocycles. The van der Waals surface area contributed by atoms with Gasteiger partial charge in [0.25, 0.3) is 0 Å². The molecule has 0 atom stereocenters. The molecule has 70 valence electrons. The van der Waals surface area contributed by atoms with Crippen molar-refractivity contribution in [3.05, 3.63) is 0 Å². The minimum atomic E-state index is 0.819. The topological polar surface area (TPSA) is 18.5 Å². The fourth-order valence-electron chi connectivity index (χ4n) is 0.391. The molecule has 11 heavy (non-hydrogen) atoms. The summed E-state index contributed by atoms with van der Waals surface area (Å²) >= 11 is 0. The molecule has 0 aliphatic rings. The molecule has 0 saturated carbocycles. The number of hydrogen-bond donors (Lipinski definition) is 0. The quantitative estimate of drug-likeness (QED) is 0.578. The van der Waals surface area contributed by atoms with Crippen molar-refractivity contribution in [1.82, 2.24) is 0 Å². The molecule has 0 fully saturated rings. The van der Waals surface area contributed by atoms with Gasteiger partial charge in [-0.3, -0.25) is 0 Å². The molecule has 0 bridgehead atoms. The Bertz CT molecular complexity index is 40.8. The van der Waals surface area contributed by atoms with Crippen LogP contribution in [0.15, 0.2) is 0 Å². The SMILES string of the molecule is CCCOCCC.CCOC. The molecule has 0 unspecified atom stereocenters. The summed E-state index contributed by atoms with van der Waals surface area (Å²) < 4.78 is 9.67. The highest BCUT2D eigenvalue weighted by atomic mass is 16.5. The summed E-state index contributed by atoms with van der Waals surface area (Å²) in [5, 5.41) is 0. The minimum Gasteiger partial charge on any atom is -0.385 e. The normalized spacial score (nSPS) is 8.73. The van der Waals surface area contributed by atoms with Gasteiger partial charge in [-0.05, 0) is 19.8 Å². The van der Waals surface area contributed by atoms with Gasteiger partial charge in [-0.25, -0.2) is 0 Å². The Kier molecular flexibility index (Phi) is 20.2. The Morgan fingerprint density at radius 2 is 1.27 bits per heavy atom. The van der Waals surface area contributed by atoms with E-state index in [1.165, 1.54) is 0 Å². The Balaban J connectivity index is 0. The van der Waals surface area contributed by atoms with Crippen molar-refractivity contribution in [1.29, 1.82) is 0 Å². The van der Waals surface area contributed by atoms with Crippen molar-refractivity contribution in [2.75, 3.05) is 26.9 Å². The fourth-order valence-corrected chi connectivity index (χ4v) is 0.391. The van der Waals surface area contributed by atoms with Crippen molar-refractivity contribution < 1.29 is 9.47 Å². The molecule has 0 aromatic heterocycles. The lowest BCUT2D eigenvalue weighted by Gasteiger charge is -1.95. The predicted molar refractivity (Wildman–Crippen MR) is 49.0 cm³/mol. The molecule has 2 nitrogen and oxygen atoms in total. The van der Waals surface area contributed by atoms with E-state index in [0.717, 1.165) is 32.7 Å². The van der Waals surface area contributed by atoms with Crippen molar-refractivity contribution >= 4 is 0 Å². The lowest BCUT2D eigenvalue weighted by molar-refractivity contribution is 0.135. The van der Waals surface area contributed by atoms with Crippen molar-refractivity contribution in [3.8, 4) is 0 Å². The van der Waals surface area contributed by atoms with Gasteiger partial charge in [0, 0.05) is 26.9 Å². The second-order valence-corrected chi connectivity index (χ2v) is 2.19. The van der Waals surface area contributed by atoms with E-state index in [0.29, 0.717) is 0 Å². The van der Waals surface area contributed by atoms with Crippen LogP contribution in [0.5, 0.6) is 0 Å². The van der Waals surface area contributed by atoms with E-state index >= 15 is 0 Å². The zero-order valence-electron chi connectivity index (χ0n) is 8.35. The third kappa shape index (κ3) is 25.7. The Labute approximate surface area is 70.9 Å². The first-order valence-corrected chi connectivity index (χ1v) is 4.40. The van der Waals surface area contributed by atoms with Crippen LogP contribution < -0.4 is 0 Å². The van der Waals surface area contributed by atoms with Crippen LogP contribution in [0.3, 0.4) is 0 Å². The summed E-state index contributed by atoms with van der Waals surface area (Å²) in [5.74, 6) is 0. The van der Waals surface area contributed by atoms with Crippen LogP contribution in [0.1, 0.15) is 33.6 Å². The van der Waals surface area contributed by atoms with Crippen LogP contribution in [0.2, 0.25) is 0 Å². The molecule has 0 aromatic carbocycles. The maximum absolute atomic E-state index is 5.13. The van der Waals surface area contributed by atoms with E-state index < -0.39 is 0 Å². The summed E-state index contributed by atoms with van der Waals surface area (Å²) in [6, 6.07) is 0. The van der Waals surface area contributed by atoms with Crippen LogP contribution >= 0.6 is 0 Å². The number of methoxy groups -OCH3 is 1. The number of ether oxygens (including phenoxy) is 2. The van der Waals surface area contributed by atoms with Crippen molar-refractivity contribution in [2.45, 2.75) is 33.6 Å². The predicted octanol–water partition coefficient (Wildman–Crippen LogP) is 2.48. The third-order valence-corrected chi connectivity index (χ3v) is 0.986. The van der Waals surface area contributed by atoms with Crippen molar-refractivity contribution in [2.24, 2.45) is 0 Å². The molecule has 2 heteroatoms. The van der Waals surface area contributed by atoms with Gasteiger partial charge in [-0.1, -0.05) is 13.8 Å². The lowest BCUT2D eigenvalue weighted by atomic mass is 10.5. The highest BCUT2D eigenvalue weighted by Gasteiger charge is 1.77. The van der Waals surface area contributed by atoms with Crippen LogP contribution in [-0.4, -0.2) is 26.9 Å². The maximum Gasteiger partial charge on any atom is 0.0463 e. The zero-order valence-corrected chi connectivity index (χ0v) is 8.35. The molecule has 0 saturated heterocycles. The molecular weight excluding hydrogens is 140 g/mol. The smallest absolute Gasteiger partial charge is 0.0463 e. The van der Waals surface area contributed by atoms with Crippen LogP contribution in [-0.2, 0) is 9.47 Å². The van der Waals surface area contributed by atoms with Gasteiger partial charge in [0.2, 0.25) is 0 Å².